The summed E-state index contributed by atoms with van der Waals surface area (Å²) in [5.74, 6) is -0.0926. The molecule has 1 aromatic carbocycles. The average molecular weight is 251 g/mol. The highest BCUT2D eigenvalue weighted by Gasteiger charge is 2.25. The van der Waals surface area contributed by atoms with Crippen molar-refractivity contribution in [2.45, 2.75) is 6.54 Å². The quantitative estimate of drug-likeness (QED) is 0.846. The normalized spacial score (nSPS) is 13.7. The Bertz CT molecular complexity index is 566. The van der Waals surface area contributed by atoms with Gasteiger partial charge in [0.2, 0.25) is 0 Å². The van der Waals surface area contributed by atoms with Gasteiger partial charge in [0.05, 0.1) is 10.6 Å². The van der Waals surface area contributed by atoms with Crippen LogP contribution in [0.25, 0.3) is 11.1 Å². The van der Waals surface area contributed by atoms with Crippen molar-refractivity contribution in [1.82, 2.24) is 9.69 Å². The fourth-order valence-electron chi connectivity index (χ4n) is 1.91. The number of nitrogens with zero attached hydrogens (tertiary/aromatic N) is 1. The SMILES string of the molecule is O=C1NCc2c(-c3cnsc3)ccc(Cl)c21. The van der Waals surface area contributed by atoms with E-state index in [1.165, 1.54) is 11.5 Å². The van der Waals surface area contributed by atoms with E-state index in [-0.39, 0.29) is 5.91 Å². The van der Waals surface area contributed by atoms with Crippen LogP contribution < -0.4 is 5.32 Å². The van der Waals surface area contributed by atoms with Crippen molar-refractivity contribution >= 4 is 29.0 Å². The van der Waals surface area contributed by atoms with Crippen molar-refractivity contribution in [2.24, 2.45) is 0 Å². The number of carbonyl (C=O) groups is 1. The number of nitrogens with one attached hydrogen (secondary N) is 1. The zero-order chi connectivity index (χ0) is 11.1. The van der Waals surface area contributed by atoms with Gasteiger partial charge in [-0.1, -0.05) is 17.7 Å². The zero-order valence-corrected chi connectivity index (χ0v) is 9.73. The second-order valence-electron chi connectivity index (χ2n) is 3.54. The molecule has 1 aliphatic heterocycles. The molecule has 0 radical (unpaired) electrons. The number of halogens is 1. The largest absolute Gasteiger partial charge is 0.348 e. The van der Waals surface area contributed by atoms with Crippen LogP contribution >= 0.6 is 23.1 Å². The molecule has 2 aromatic rings. The maximum Gasteiger partial charge on any atom is 0.253 e. The van der Waals surface area contributed by atoms with Crippen molar-refractivity contribution < 1.29 is 4.79 Å². The number of amides is 1. The number of hydrogen-bond donors (Lipinski definition) is 1. The molecule has 0 fully saturated rings. The van der Waals surface area contributed by atoms with Crippen LogP contribution in [0.15, 0.2) is 23.7 Å². The predicted octanol–water partition coefficient (Wildman–Crippen LogP) is 2.71. The van der Waals surface area contributed by atoms with E-state index in [9.17, 15) is 4.79 Å². The lowest BCUT2D eigenvalue weighted by Crippen LogP contribution is -2.12. The molecule has 0 atom stereocenters. The molecule has 0 saturated heterocycles. The van der Waals surface area contributed by atoms with E-state index >= 15 is 0 Å². The lowest BCUT2D eigenvalue weighted by atomic mass is 9.99. The molecular formula is C11H7ClN2OS. The van der Waals surface area contributed by atoms with E-state index in [1.54, 1.807) is 12.3 Å². The van der Waals surface area contributed by atoms with Gasteiger partial charge in [-0.15, -0.1) is 0 Å². The molecule has 3 rings (SSSR count). The van der Waals surface area contributed by atoms with Crippen LogP contribution in [0.1, 0.15) is 15.9 Å². The number of carbonyl (C=O) groups excluding carboxylic acids is 1. The van der Waals surface area contributed by atoms with Crippen LogP contribution in [-0.4, -0.2) is 10.3 Å². The molecule has 2 heterocycles. The summed E-state index contributed by atoms with van der Waals surface area (Å²) >= 11 is 7.42. The summed E-state index contributed by atoms with van der Waals surface area (Å²) in [4.78, 5) is 11.6. The first-order chi connectivity index (χ1) is 7.77. The summed E-state index contributed by atoms with van der Waals surface area (Å²) in [5.41, 5.74) is 3.64. The summed E-state index contributed by atoms with van der Waals surface area (Å²) in [5, 5.41) is 5.26. The third kappa shape index (κ3) is 1.34. The van der Waals surface area contributed by atoms with Gasteiger partial charge in [0.15, 0.2) is 0 Å². The van der Waals surface area contributed by atoms with Crippen LogP contribution in [-0.2, 0) is 6.54 Å². The molecule has 0 aliphatic carbocycles. The summed E-state index contributed by atoms with van der Waals surface area (Å²) in [6.45, 7) is 0.542. The Balaban J connectivity index is 2.26. The first-order valence-corrected chi connectivity index (χ1v) is 5.98. The highest BCUT2D eigenvalue weighted by Crippen LogP contribution is 2.33. The predicted molar refractivity (Wildman–Crippen MR) is 63.7 cm³/mol. The second-order valence-corrected chi connectivity index (χ2v) is 4.61. The molecule has 80 valence electrons. The minimum atomic E-state index is -0.0926. The number of aromatic nitrogens is 1. The van der Waals surface area contributed by atoms with Gasteiger partial charge in [-0.3, -0.25) is 4.79 Å². The Labute approximate surface area is 101 Å². The van der Waals surface area contributed by atoms with Crippen molar-refractivity contribution in [2.75, 3.05) is 0 Å². The number of fused-ring (bicyclic) bond motifs is 1. The molecular weight excluding hydrogens is 244 g/mol. The van der Waals surface area contributed by atoms with E-state index in [0.29, 0.717) is 17.1 Å². The summed E-state index contributed by atoms with van der Waals surface area (Å²) in [6.07, 6.45) is 1.80. The Morgan fingerprint density at radius 1 is 1.44 bits per heavy atom. The van der Waals surface area contributed by atoms with Gasteiger partial charge >= 0.3 is 0 Å². The van der Waals surface area contributed by atoms with Crippen LogP contribution in [0.2, 0.25) is 5.02 Å². The number of hydrogen-bond acceptors (Lipinski definition) is 3. The van der Waals surface area contributed by atoms with Gasteiger partial charge in [-0.2, -0.15) is 0 Å². The smallest absolute Gasteiger partial charge is 0.253 e. The van der Waals surface area contributed by atoms with Crippen LogP contribution in [0, 0.1) is 0 Å². The second kappa shape index (κ2) is 3.57. The van der Waals surface area contributed by atoms with Crippen molar-refractivity contribution in [3.63, 3.8) is 0 Å². The van der Waals surface area contributed by atoms with Gasteiger partial charge < -0.3 is 5.32 Å². The fourth-order valence-corrected chi connectivity index (χ4v) is 2.71. The molecule has 1 N–H and O–H groups in total. The van der Waals surface area contributed by atoms with Crippen LogP contribution in [0.3, 0.4) is 0 Å². The minimum Gasteiger partial charge on any atom is -0.348 e. The number of benzene rings is 1. The summed E-state index contributed by atoms with van der Waals surface area (Å²) < 4.78 is 4.07. The van der Waals surface area contributed by atoms with E-state index in [4.69, 9.17) is 11.6 Å². The molecule has 3 nitrogen and oxygen atoms in total. The van der Waals surface area contributed by atoms with E-state index < -0.39 is 0 Å². The maximum absolute atomic E-state index is 11.6. The van der Waals surface area contributed by atoms with E-state index in [0.717, 1.165) is 16.7 Å². The van der Waals surface area contributed by atoms with Crippen LogP contribution in [0.4, 0.5) is 0 Å². The standard InChI is InChI=1S/C11H7ClN2OS/c12-9-2-1-7(6-3-14-16-5-6)8-4-13-11(15)10(8)9/h1-3,5H,4H2,(H,13,15). The monoisotopic (exact) mass is 250 g/mol. The highest BCUT2D eigenvalue weighted by atomic mass is 35.5. The molecule has 1 aromatic heterocycles. The Morgan fingerprint density at radius 3 is 3.06 bits per heavy atom. The molecule has 0 unspecified atom stereocenters. The van der Waals surface area contributed by atoms with Crippen LogP contribution in [0.5, 0.6) is 0 Å². The third-order valence-corrected chi connectivity index (χ3v) is 3.56. The van der Waals surface area contributed by atoms with Gasteiger partial charge in [-0.05, 0) is 28.7 Å². The Kier molecular flexibility index (Phi) is 2.19. The lowest BCUT2D eigenvalue weighted by Gasteiger charge is -2.05. The topological polar surface area (TPSA) is 42.0 Å². The highest BCUT2D eigenvalue weighted by molar-refractivity contribution is 7.03. The average Bonchev–Trinajstić information content (AvgIpc) is 2.89. The van der Waals surface area contributed by atoms with Crippen molar-refractivity contribution in [3.8, 4) is 11.1 Å². The first kappa shape index (κ1) is 9.81. The minimum absolute atomic E-state index is 0.0926. The molecule has 1 amide bonds. The van der Waals surface area contributed by atoms with Gasteiger partial charge in [0.25, 0.3) is 5.91 Å². The summed E-state index contributed by atoms with van der Waals surface area (Å²) in [6, 6.07) is 3.70. The van der Waals surface area contributed by atoms with Gasteiger partial charge in [0, 0.05) is 23.7 Å². The fraction of sp³-hybridized carbons (Fsp3) is 0.0909. The maximum atomic E-state index is 11.6. The first-order valence-electron chi connectivity index (χ1n) is 4.76. The zero-order valence-electron chi connectivity index (χ0n) is 8.16. The summed E-state index contributed by atoms with van der Waals surface area (Å²) in [7, 11) is 0. The lowest BCUT2D eigenvalue weighted by molar-refractivity contribution is 0.0966. The molecule has 0 spiro atoms. The van der Waals surface area contributed by atoms with Gasteiger partial charge in [-0.25, -0.2) is 4.37 Å². The van der Waals surface area contributed by atoms with Crippen molar-refractivity contribution in [3.05, 3.63) is 39.9 Å². The third-order valence-electron chi connectivity index (χ3n) is 2.66. The molecule has 16 heavy (non-hydrogen) atoms. The van der Waals surface area contributed by atoms with Gasteiger partial charge in [0.1, 0.15) is 0 Å². The van der Waals surface area contributed by atoms with E-state index in [2.05, 4.69) is 9.69 Å². The number of rotatable bonds is 1. The Morgan fingerprint density at radius 2 is 2.31 bits per heavy atom. The molecule has 0 saturated carbocycles. The molecule has 5 heteroatoms. The Hall–Kier alpha value is -1.39. The van der Waals surface area contributed by atoms with E-state index in [1.807, 2.05) is 11.4 Å². The van der Waals surface area contributed by atoms with Crippen molar-refractivity contribution in [1.29, 1.82) is 0 Å². The molecule has 0 bridgehead atoms. The molecule has 1 aliphatic rings.